The third-order valence-electron chi connectivity index (χ3n) is 5.99. The molecule has 8 nitrogen and oxygen atoms in total. The zero-order chi connectivity index (χ0) is 27.8. The van der Waals surface area contributed by atoms with E-state index in [-0.39, 0.29) is 23.8 Å². The average molecular weight is 545 g/mol. The molecule has 198 valence electrons. The second kappa shape index (κ2) is 12.8. The summed E-state index contributed by atoms with van der Waals surface area (Å²) in [7, 11) is 3.00. The number of ether oxygens (including phenoxy) is 3. The lowest BCUT2D eigenvalue weighted by molar-refractivity contribution is -0.179. The van der Waals surface area contributed by atoms with Crippen LogP contribution < -0.4 is 19.1 Å². The molecule has 0 radical (unpaired) electrons. The van der Waals surface area contributed by atoms with Crippen molar-refractivity contribution in [2.75, 3.05) is 14.2 Å². The van der Waals surface area contributed by atoms with E-state index >= 15 is 0 Å². The normalized spacial score (nSPS) is 10.4. The topological polar surface area (TPSA) is 99.9 Å². The first-order valence-corrected chi connectivity index (χ1v) is 12.2. The van der Waals surface area contributed by atoms with E-state index in [1.807, 2.05) is 43.3 Å². The number of methoxy groups -OCH3 is 1. The molecule has 0 fully saturated rings. The molecule has 4 rings (SSSR count). The first kappa shape index (κ1) is 27.5. The van der Waals surface area contributed by atoms with E-state index in [9.17, 15) is 4.79 Å². The van der Waals surface area contributed by atoms with Crippen LogP contribution in [0.5, 0.6) is 23.0 Å². The van der Waals surface area contributed by atoms with Crippen LogP contribution in [0.3, 0.4) is 0 Å². The van der Waals surface area contributed by atoms with Gasteiger partial charge in [-0.3, -0.25) is 9.78 Å². The Morgan fingerprint density at radius 1 is 0.949 bits per heavy atom. The monoisotopic (exact) mass is 544 g/mol. The fraction of sp³-hybridized carbons (Fsp3) is 0.167. The SMILES string of the molecule is COOc1ccc(-c2cccc(COc3cc(OCc4cncc(C#N)c4)c(C=O)cc3Cl)c2C)cc1OC. The molecule has 0 amide bonds. The molecule has 4 aromatic rings. The van der Waals surface area contributed by atoms with Gasteiger partial charge >= 0.3 is 0 Å². The highest BCUT2D eigenvalue weighted by atomic mass is 35.5. The van der Waals surface area contributed by atoms with Crippen molar-refractivity contribution >= 4 is 17.9 Å². The maximum absolute atomic E-state index is 11.6. The van der Waals surface area contributed by atoms with Gasteiger partial charge in [-0.2, -0.15) is 10.1 Å². The number of rotatable bonds is 11. The highest BCUT2D eigenvalue weighted by Gasteiger charge is 2.14. The smallest absolute Gasteiger partial charge is 0.207 e. The van der Waals surface area contributed by atoms with Crippen LogP contribution in [0.2, 0.25) is 5.02 Å². The summed E-state index contributed by atoms with van der Waals surface area (Å²) >= 11 is 6.42. The van der Waals surface area contributed by atoms with E-state index < -0.39 is 0 Å². The molecule has 0 saturated heterocycles. The predicted molar refractivity (Wildman–Crippen MR) is 145 cm³/mol. The molecule has 39 heavy (non-hydrogen) atoms. The number of nitriles is 1. The van der Waals surface area contributed by atoms with E-state index in [1.54, 1.807) is 31.5 Å². The van der Waals surface area contributed by atoms with Crippen molar-refractivity contribution in [1.29, 1.82) is 5.26 Å². The third-order valence-corrected chi connectivity index (χ3v) is 6.28. The third kappa shape index (κ3) is 6.47. The Labute approximate surface area is 231 Å². The number of carbonyl (C=O) groups excluding carboxylic acids is 1. The predicted octanol–water partition coefficient (Wildman–Crippen LogP) is 6.50. The van der Waals surface area contributed by atoms with Gasteiger partial charge in [0.05, 0.1) is 30.4 Å². The van der Waals surface area contributed by atoms with E-state index in [2.05, 4.69) is 4.98 Å². The lowest BCUT2D eigenvalue weighted by atomic mass is 9.96. The second-order valence-electron chi connectivity index (χ2n) is 8.41. The highest BCUT2D eigenvalue weighted by molar-refractivity contribution is 6.32. The van der Waals surface area contributed by atoms with Crippen LogP contribution in [0.25, 0.3) is 11.1 Å². The Morgan fingerprint density at radius 3 is 2.51 bits per heavy atom. The van der Waals surface area contributed by atoms with Crippen molar-refractivity contribution in [3.8, 4) is 40.2 Å². The van der Waals surface area contributed by atoms with Gasteiger partial charge in [0.1, 0.15) is 30.8 Å². The van der Waals surface area contributed by atoms with E-state index in [1.165, 1.54) is 19.4 Å². The molecule has 0 aliphatic rings. The quantitative estimate of drug-likeness (QED) is 0.120. The molecule has 0 atom stereocenters. The fourth-order valence-corrected chi connectivity index (χ4v) is 4.20. The van der Waals surface area contributed by atoms with Gasteiger partial charge in [0.25, 0.3) is 0 Å². The number of nitrogens with zero attached hydrogens (tertiary/aromatic N) is 2. The Bertz CT molecular complexity index is 1530. The number of aromatic nitrogens is 1. The minimum atomic E-state index is 0.114. The maximum Gasteiger partial charge on any atom is 0.207 e. The fourth-order valence-electron chi connectivity index (χ4n) is 3.97. The maximum atomic E-state index is 11.6. The zero-order valence-electron chi connectivity index (χ0n) is 21.6. The molecule has 1 aromatic heterocycles. The van der Waals surface area contributed by atoms with Crippen LogP contribution in [-0.2, 0) is 18.1 Å². The summed E-state index contributed by atoms with van der Waals surface area (Å²) in [6, 6.07) is 18.3. The van der Waals surface area contributed by atoms with Gasteiger partial charge in [0, 0.05) is 24.0 Å². The molecular formula is C30H25ClN2O6. The van der Waals surface area contributed by atoms with Gasteiger partial charge in [0.15, 0.2) is 12.0 Å². The number of halogens is 1. The van der Waals surface area contributed by atoms with Crippen molar-refractivity contribution in [3.05, 3.63) is 99.8 Å². The summed E-state index contributed by atoms with van der Waals surface area (Å²) in [5, 5.41) is 9.36. The minimum absolute atomic E-state index is 0.114. The number of hydrogen-bond acceptors (Lipinski definition) is 8. The highest BCUT2D eigenvalue weighted by Crippen LogP contribution is 2.36. The standard InChI is InChI=1S/C30H25ClN2O6/c1-19-23(5-4-6-25(19)22-7-8-27(39-36-3)30(11-22)35-2)18-38-29-12-28(24(16-34)10-26(29)31)37-17-21-9-20(13-32)14-33-15-21/h4-12,14-16H,17-18H2,1-3H3. The van der Waals surface area contributed by atoms with Gasteiger partial charge in [-0.1, -0.05) is 35.9 Å². The Balaban J connectivity index is 1.54. The van der Waals surface area contributed by atoms with Gasteiger partial charge < -0.3 is 19.1 Å². The van der Waals surface area contributed by atoms with Crippen LogP contribution in [0.1, 0.15) is 32.6 Å². The van der Waals surface area contributed by atoms with Crippen LogP contribution >= 0.6 is 11.6 Å². The number of carbonyl (C=O) groups is 1. The van der Waals surface area contributed by atoms with Gasteiger partial charge in [-0.15, -0.1) is 0 Å². The van der Waals surface area contributed by atoms with Crippen molar-refractivity contribution < 1.29 is 28.8 Å². The largest absolute Gasteiger partial charge is 0.493 e. The lowest BCUT2D eigenvalue weighted by Gasteiger charge is -2.16. The van der Waals surface area contributed by atoms with E-state index in [0.717, 1.165) is 22.3 Å². The van der Waals surface area contributed by atoms with Crippen molar-refractivity contribution in [1.82, 2.24) is 4.98 Å². The average Bonchev–Trinajstić information content (AvgIpc) is 2.96. The van der Waals surface area contributed by atoms with Gasteiger partial charge in [0.2, 0.25) is 5.75 Å². The molecule has 0 spiro atoms. The molecule has 0 aliphatic carbocycles. The molecule has 3 aromatic carbocycles. The Kier molecular flexibility index (Phi) is 9.00. The number of pyridine rings is 1. The summed E-state index contributed by atoms with van der Waals surface area (Å²) in [4.78, 5) is 25.6. The Hall–Kier alpha value is -4.58. The summed E-state index contributed by atoms with van der Waals surface area (Å²) < 4.78 is 17.4. The number of benzene rings is 3. The number of hydrogen-bond donors (Lipinski definition) is 0. The van der Waals surface area contributed by atoms with Crippen LogP contribution in [0.4, 0.5) is 0 Å². The molecular weight excluding hydrogens is 520 g/mol. The summed E-state index contributed by atoms with van der Waals surface area (Å²) in [6.07, 6.45) is 3.73. The molecule has 0 N–H and O–H groups in total. The molecule has 0 unspecified atom stereocenters. The van der Waals surface area contributed by atoms with Crippen molar-refractivity contribution in [2.24, 2.45) is 0 Å². The van der Waals surface area contributed by atoms with Gasteiger partial charge in [-0.25, -0.2) is 0 Å². The molecule has 0 bridgehead atoms. The molecule has 0 aliphatic heterocycles. The second-order valence-corrected chi connectivity index (χ2v) is 8.82. The minimum Gasteiger partial charge on any atom is -0.493 e. The summed E-state index contributed by atoms with van der Waals surface area (Å²) in [5.74, 6) is 1.69. The van der Waals surface area contributed by atoms with E-state index in [0.29, 0.717) is 40.4 Å². The van der Waals surface area contributed by atoms with Crippen molar-refractivity contribution in [3.63, 3.8) is 0 Å². The van der Waals surface area contributed by atoms with Crippen LogP contribution in [0.15, 0.2) is 67.0 Å². The van der Waals surface area contributed by atoms with E-state index in [4.69, 9.17) is 40.8 Å². The van der Waals surface area contributed by atoms with Crippen LogP contribution in [0, 0.1) is 18.3 Å². The zero-order valence-corrected chi connectivity index (χ0v) is 22.3. The molecule has 0 saturated carbocycles. The summed E-state index contributed by atoms with van der Waals surface area (Å²) in [6.45, 7) is 2.35. The first-order valence-electron chi connectivity index (χ1n) is 11.8. The first-order chi connectivity index (χ1) is 19.0. The Morgan fingerprint density at radius 2 is 1.77 bits per heavy atom. The molecule has 9 heteroatoms. The number of aldehydes is 1. The van der Waals surface area contributed by atoms with Crippen molar-refractivity contribution in [2.45, 2.75) is 20.1 Å². The van der Waals surface area contributed by atoms with Crippen LogP contribution in [-0.4, -0.2) is 25.5 Å². The van der Waals surface area contributed by atoms with Gasteiger partial charge in [-0.05, 0) is 53.4 Å². The molecule has 1 heterocycles. The lowest BCUT2D eigenvalue weighted by Crippen LogP contribution is -2.03. The summed E-state index contributed by atoms with van der Waals surface area (Å²) in [5.41, 5.74) is 5.29.